The minimum absolute atomic E-state index is 0.0677. The molecule has 0 aromatic heterocycles. The van der Waals surface area contributed by atoms with Gasteiger partial charge in [-0.05, 0) is 25.3 Å². The van der Waals surface area contributed by atoms with Gasteiger partial charge in [-0.25, -0.2) is 0 Å². The van der Waals surface area contributed by atoms with E-state index < -0.39 is 5.60 Å². The summed E-state index contributed by atoms with van der Waals surface area (Å²) >= 11 is 11.5. The molecule has 1 nitrogen and oxygen atoms in total. The van der Waals surface area contributed by atoms with Crippen molar-refractivity contribution in [3.05, 3.63) is 35.9 Å². The number of aliphatic hydroxyl groups is 1. The Morgan fingerprint density at radius 1 is 1.33 bits per heavy atom. The summed E-state index contributed by atoms with van der Waals surface area (Å²) in [5, 5.41) is 10.2. The van der Waals surface area contributed by atoms with E-state index in [1.54, 1.807) is 6.92 Å². The quantitative estimate of drug-likeness (QED) is 0.789. The molecule has 0 aliphatic carbocycles. The van der Waals surface area contributed by atoms with E-state index in [1.807, 2.05) is 30.3 Å². The Kier molecular flexibility index (Phi) is 4.91. The Balaban J connectivity index is 2.59. The fourth-order valence-corrected chi connectivity index (χ4v) is 1.72. The van der Waals surface area contributed by atoms with Crippen molar-refractivity contribution in [2.75, 3.05) is 5.88 Å². The van der Waals surface area contributed by atoms with Crippen LogP contribution in [0.1, 0.15) is 25.3 Å². The molecular formula is C12H16Cl2O. The van der Waals surface area contributed by atoms with E-state index in [0.29, 0.717) is 18.7 Å². The molecule has 0 bridgehead atoms. The lowest BCUT2D eigenvalue weighted by Crippen LogP contribution is -2.22. The highest BCUT2D eigenvalue weighted by Gasteiger charge is 2.23. The molecule has 0 spiro atoms. The van der Waals surface area contributed by atoms with Crippen LogP contribution in [0.5, 0.6) is 0 Å². The van der Waals surface area contributed by atoms with Crippen LogP contribution >= 0.6 is 23.2 Å². The van der Waals surface area contributed by atoms with Crippen molar-refractivity contribution in [2.45, 2.75) is 30.7 Å². The lowest BCUT2D eigenvalue weighted by Gasteiger charge is -2.24. The van der Waals surface area contributed by atoms with Crippen molar-refractivity contribution in [3.8, 4) is 0 Å². The number of benzene rings is 1. The molecule has 0 fully saturated rings. The molecule has 2 atom stereocenters. The smallest absolute Gasteiger partial charge is 0.0869 e. The highest BCUT2D eigenvalue weighted by molar-refractivity contribution is 6.28. The van der Waals surface area contributed by atoms with Crippen LogP contribution in [-0.2, 0) is 5.60 Å². The van der Waals surface area contributed by atoms with E-state index in [4.69, 9.17) is 23.2 Å². The molecule has 0 radical (unpaired) electrons. The van der Waals surface area contributed by atoms with Gasteiger partial charge in [0.05, 0.1) is 5.60 Å². The van der Waals surface area contributed by atoms with Gasteiger partial charge in [-0.1, -0.05) is 30.3 Å². The zero-order valence-electron chi connectivity index (χ0n) is 8.79. The van der Waals surface area contributed by atoms with Crippen LogP contribution in [0.15, 0.2) is 30.3 Å². The van der Waals surface area contributed by atoms with Crippen molar-refractivity contribution >= 4 is 23.2 Å². The summed E-state index contributed by atoms with van der Waals surface area (Å²) < 4.78 is 0. The molecule has 84 valence electrons. The first kappa shape index (κ1) is 12.8. The van der Waals surface area contributed by atoms with Crippen molar-refractivity contribution in [1.29, 1.82) is 0 Å². The molecule has 3 heteroatoms. The molecule has 0 saturated carbocycles. The summed E-state index contributed by atoms with van der Waals surface area (Å²) in [4.78, 5) is 0. The Labute approximate surface area is 101 Å². The van der Waals surface area contributed by atoms with Gasteiger partial charge in [0.25, 0.3) is 0 Å². The first-order valence-electron chi connectivity index (χ1n) is 5.04. The average Bonchev–Trinajstić information content (AvgIpc) is 2.27. The van der Waals surface area contributed by atoms with Crippen LogP contribution in [0, 0.1) is 0 Å². The van der Waals surface area contributed by atoms with Gasteiger partial charge < -0.3 is 5.11 Å². The molecular weight excluding hydrogens is 231 g/mol. The molecule has 1 rings (SSSR count). The van der Waals surface area contributed by atoms with Crippen molar-refractivity contribution in [1.82, 2.24) is 0 Å². The van der Waals surface area contributed by atoms with Gasteiger partial charge in [-0.15, -0.1) is 23.2 Å². The Morgan fingerprint density at radius 2 is 1.93 bits per heavy atom. The molecule has 0 aliphatic heterocycles. The minimum Gasteiger partial charge on any atom is -0.385 e. The van der Waals surface area contributed by atoms with Crippen molar-refractivity contribution in [3.63, 3.8) is 0 Å². The van der Waals surface area contributed by atoms with Gasteiger partial charge in [0.1, 0.15) is 0 Å². The summed E-state index contributed by atoms with van der Waals surface area (Å²) in [7, 11) is 0. The Hall–Kier alpha value is -0.240. The Morgan fingerprint density at radius 3 is 2.47 bits per heavy atom. The second-order valence-electron chi connectivity index (χ2n) is 3.93. The average molecular weight is 247 g/mol. The summed E-state index contributed by atoms with van der Waals surface area (Å²) in [6, 6.07) is 9.61. The Bertz CT molecular complexity index is 285. The van der Waals surface area contributed by atoms with Gasteiger partial charge in [0.15, 0.2) is 0 Å². The van der Waals surface area contributed by atoms with E-state index >= 15 is 0 Å². The van der Waals surface area contributed by atoms with Gasteiger partial charge in [-0.3, -0.25) is 0 Å². The standard InChI is InChI=1S/C12H16Cl2O/c1-12(15,8-7-11(14)9-13)10-5-3-2-4-6-10/h2-6,11,15H,7-9H2,1H3. The number of halogens is 2. The molecule has 1 aromatic rings. The number of rotatable bonds is 5. The first-order chi connectivity index (χ1) is 7.06. The first-order valence-corrected chi connectivity index (χ1v) is 6.01. The molecule has 2 unspecified atom stereocenters. The highest BCUT2D eigenvalue weighted by Crippen LogP contribution is 2.27. The van der Waals surface area contributed by atoms with Crippen molar-refractivity contribution < 1.29 is 5.11 Å². The predicted molar refractivity (Wildman–Crippen MR) is 65.6 cm³/mol. The van der Waals surface area contributed by atoms with Crippen molar-refractivity contribution in [2.24, 2.45) is 0 Å². The highest BCUT2D eigenvalue weighted by atomic mass is 35.5. The monoisotopic (exact) mass is 246 g/mol. The second kappa shape index (κ2) is 5.74. The summed E-state index contributed by atoms with van der Waals surface area (Å²) in [5.41, 5.74) is 0.101. The summed E-state index contributed by atoms with van der Waals surface area (Å²) in [6.07, 6.45) is 1.34. The van der Waals surface area contributed by atoms with E-state index in [2.05, 4.69) is 0 Å². The molecule has 1 N–H and O–H groups in total. The molecule has 0 amide bonds. The van der Waals surface area contributed by atoms with Crippen LogP contribution in [0.4, 0.5) is 0 Å². The van der Waals surface area contributed by atoms with E-state index in [-0.39, 0.29) is 5.38 Å². The third-order valence-corrected chi connectivity index (χ3v) is 3.41. The van der Waals surface area contributed by atoms with Gasteiger partial charge in [-0.2, -0.15) is 0 Å². The maximum atomic E-state index is 10.2. The van der Waals surface area contributed by atoms with Crippen LogP contribution < -0.4 is 0 Å². The maximum absolute atomic E-state index is 10.2. The zero-order chi connectivity index (χ0) is 11.3. The number of alkyl halides is 2. The third-order valence-electron chi connectivity index (χ3n) is 2.51. The second-order valence-corrected chi connectivity index (χ2v) is 4.86. The molecule has 15 heavy (non-hydrogen) atoms. The fourth-order valence-electron chi connectivity index (χ4n) is 1.46. The number of hydrogen-bond acceptors (Lipinski definition) is 1. The summed E-state index contributed by atoms with van der Waals surface area (Å²) in [6.45, 7) is 1.81. The SMILES string of the molecule is CC(O)(CCC(Cl)CCl)c1ccccc1. The lowest BCUT2D eigenvalue weighted by atomic mass is 9.91. The van der Waals surface area contributed by atoms with E-state index in [0.717, 1.165) is 5.56 Å². The molecule has 0 aliphatic rings. The van der Waals surface area contributed by atoms with Crippen LogP contribution in [0.2, 0.25) is 0 Å². The molecule has 0 heterocycles. The molecule has 1 aromatic carbocycles. The number of hydrogen-bond donors (Lipinski definition) is 1. The van der Waals surface area contributed by atoms with Crippen LogP contribution in [-0.4, -0.2) is 16.4 Å². The van der Waals surface area contributed by atoms with Gasteiger partial charge in [0.2, 0.25) is 0 Å². The zero-order valence-corrected chi connectivity index (χ0v) is 10.3. The van der Waals surface area contributed by atoms with E-state index in [1.165, 1.54) is 0 Å². The minimum atomic E-state index is -0.819. The van der Waals surface area contributed by atoms with Gasteiger partial charge in [0, 0.05) is 11.3 Å². The maximum Gasteiger partial charge on any atom is 0.0869 e. The largest absolute Gasteiger partial charge is 0.385 e. The van der Waals surface area contributed by atoms with Crippen LogP contribution in [0.3, 0.4) is 0 Å². The van der Waals surface area contributed by atoms with E-state index in [9.17, 15) is 5.11 Å². The topological polar surface area (TPSA) is 20.2 Å². The van der Waals surface area contributed by atoms with Gasteiger partial charge >= 0.3 is 0 Å². The predicted octanol–water partition coefficient (Wildman–Crippen LogP) is 3.52. The fraction of sp³-hybridized carbons (Fsp3) is 0.500. The third kappa shape index (κ3) is 4.02. The van der Waals surface area contributed by atoms with Crippen LogP contribution in [0.25, 0.3) is 0 Å². The summed E-state index contributed by atoms with van der Waals surface area (Å²) in [5.74, 6) is 0.423. The normalized spacial score (nSPS) is 17.1. The lowest BCUT2D eigenvalue weighted by molar-refractivity contribution is 0.0457. The molecule has 0 saturated heterocycles.